The third kappa shape index (κ3) is 4.92. The number of para-hydroxylation sites is 1. The Bertz CT molecular complexity index is 636. The number of amides is 1. The molecule has 1 heterocycles. The Kier molecular flexibility index (Phi) is 6.58. The molecule has 0 aliphatic rings. The maximum Gasteiger partial charge on any atom is 0.238 e. The molecule has 0 aliphatic carbocycles. The predicted molar refractivity (Wildman–Crippen MR) is 104 cm³/mol. The Morgan fingerprint density at radius 2 is 1.71 bits per heavy atom. The highest BCUT2D eigenvalue weighted by Crippen LogP contribution is 2.32. The van der Waals surface area contributed by atoms with E-state index in [4.69, 9.17) is 0 Å². The molecular formula is C20H28N2OS. The fraction of sp³-hybridized carbons (Fsp3) is 0.450. The first-order valence-electron chi connectivity index (χ1n) is 8.52. The lowest BCUT2D eigenvalue weighted by Crippen LogP contribution is -2.30. The second kappa shape index (κ2) is 8.45. The summed E-state index contributed by atoms with van der Waals surface area (Å²) < 4.78 is 0. The molecule has 1 aromatic heterocycles. The summed E-state index contributed by atoms with van der Waals surface area (Å²) in [6.45, 7) is 9.85. The van der Waals surface area contributed by atoms with Gasteiger partial charge < -0.3 is 5.32 Å². The van der Waals surface area contributed by atoms with Crippen LogP contribution in [0.1, 0.15) is 55.5 Å². The fourth-order valence-electron chi connectivity index (χ4n) is 2.84. The van der Waals surface area contributed by atoms with Crippen LogP contribution in [0.25, 0.3) is 0 Å². The lowest BCUT2D eigenvalue weighted by atomic mass is 9.92. The van der Waals surface area contributed by atoms with E-state index in [-0.39, 0.29) is 5.91 Å². The molecule has 1 amide bonds. The molecule has 0 spiro atoms. The highest BCUT2D eigenvalue weighted by atomic mass is 32.1. The normalized spacial score (nSPS) is 11.5. The van der Waals surface area contributed by atoms with Crippen LogP contribution in [0.2, 0.25) is 0 Å². The van der Waals surface area contributed by atoms with E-state index in [1.165, 1.54) is 16.0 Å². The van der Waals surface area contributed by atoms with Gasteiger partial charge in [0.1, 0.15) is 0 Å². The first-order valence-corrected chi connectivity index (χ1v) is 9.40. The number of rotatable bonds is 7. The summed E-state index contributed by atoms with van der Waals surface area (Å²) in [7, 11) is 1.98. The van der Waals surface area contributed by atoms with Crippen LogP contribution in [-0.4, -0.2) is 24.4 Å². The zero-order valence-electron chi connectivity index (χ0n) is 15.3. The minimum atomic E-state index is 0.0454. The average Bonchev–Trinajstić information content (AvgIpc) is 2.99. The third-order valence-corrected chi connectivity index (χ3v) is 4.92. The summed E-state index contributed by atoms with van der Waals surface area (Å²) in [6.07, 6.45) is 0. The Labute approximate surface area is 149 Å². The molecule has 0 fully saturated rings. The monoisotopic (exact) mass is 344 g/mol. The van der Waals surface area contributed by atoms with E-state index in [1.54, 1.807) is 11.3 Å². The van der Waals surface area contributed by atoms with Gasteiger partial charge in [0.05, 0.1) is 6.54 Å². The maximum absolute atomic E-state index is 12.6. The number of hydrogen-bond acceptors (Lipinski definition) is 3. The molecule has 130 valence electrons. The number of benzene rings is 1. The minimum absolute atomic E-state index is 0.0454. The number of nitrogens with one attached hydrogen (secondary N) is 1. The first kappa shape index (κ1) is 18.7. The van der Waals surface area contributed by atoms with Gasteiger partial charge in [-0.15, -0.1) is 11.3 Å². The number of hydrogen-bond donors (Lipinski definition) is 1. The van der Waals surface area contributed by atoms with Crippen molar-refractivity contribution in [2.45, 2.75) is 46.1 Å². The second-order valence-electron chi connectivity index (χ2n) is 6.92. The van der Waals surface area contributed by atoms with Crippen LogP contribution in [0.4, 0.5) is 5.69 Å². The van der Waals surface area contributed by atoms with Gasteiger partial charge in [0.2, 0.25) is 5.91 Å². The zero-order valence-corrected chi connectivity index (χ0v) is 16.1. The summed E-state index contributed by atoms with van der Waals surface area (Å²) >= 11 is 1.72. The Morgan fingerprint density at radius 3 is 2.21 bits per heavy atom. The van der Waals surface area contributed by atoms with Crippen LogP contribution in [0.5, 0.6) is 0 Å². The molecule has 0 unspecified atom stereocenters. The van der Waals surface area contributed by atoms with E-state index >= 15 is 0 Å². The van der Waals surface area contributed by atoms with Gasteiger partial charge >= 0.3 is 0 Å². The largest absolute Gasteiger partial charge is 0.324 e. The van der Waals surface area contributed by atoms with Gasteiger partial charge in [-0.1, -0.05) is 52.0 Å². The molecule has 24 heavy (non-hydrogen) atoms. The topological polar surface area (TPSA) is 32.3 Å². The quantitative estimate of drug-likeness (QED) is 0.761. The zero-order chi connectivity index (χ0) is 17.7. The summed E-state index contributed by atoms with van der Waals surface area (Å²) in [6, 6.07) is 10.5. The van der Waals surface area contributed by atoms with Crippen LogP contribution in [-0.2, 0) is 11.3 Å². The molecule has 0 saturated carbocycles. The molecule has 1 aromatic carbocycles. The van der Waals surface area contributed by atoms with Crippen molar-refractivity contribution in [1.82, 2.24) is 4.90 Å². The molecule has 0 saturated heterocycles. The SMILES string of the molecule is CC(C)c1cccc(C(C)C)c1NC(=O)CN(C)Cc1cccs1. The van der Waals surface area contributed by atoms with Crippen molar-refractivity contribution in [3.05, 3.63) is 51.7 Å². The van der Waals surface area contributed by atoms with Crippen molar-refractivity contribution >= 4 is 22.9 Å². The van der Waals surface area contributed by atoms with Gasteiger partial charge in [0.25, 0.3) is 0 Å². The highest BCUT2D eigenvalue weighted by Gasteiger charge is 2.16. The molecule has 0 bridgehead atoms. The van der Waals surface area contributed by atoms with E-state index in [1.807, 2.05) is 18.0 Å². The molecule has 0 radical (unpaired) electrons. The molecule has 4 heteroatoms. The second-order valence-corrected chi connectivity index (χ2v) is 7.95. The summed E-state index contributed by atoms with van der Waals surface area (Å²) in [5, 5.41) is 5.24. The van der Waals surface area contributed by atoms with Crippen LogP contribution >= 0.6 is 11.3 Å². The molecule has 2 aromatic rings. The molecule has 3 nitrogen and oxygen atoms in total. The van der Waals surface area contributed by atoms with Crippen LogP contribution in [0.15, 0.2) is 35.7 Å². The van der Waals surface area contributed by atoms with Crippen LogP contribution < -0.4 is 5.32 Å². The summed E-state index contributed by atoms with van der Waals surface area (Å²) in [5.74, 6) is 0.801. The number of anilines is 1. The number of nitrogens with zero attached hydrogens (tertiary/aromatic N) is 1. The van der Waals surface area contributed by atoms with E-state index in [0.717, 1.165) is 12.2 Å². The van der Waals surface area contributed by atoms with E-state index in [2.05, 4.69) is 62.7 Å². The van der Waals surface area contributed by atoms with Gasteiger partial charge in [-0.25, -0.2) is 0 Å². The minimum Gasteiger partial charge on any atom is -0.324 e. The molecule has 1 N–H and O–H groups in total. The molecular weight excluding hydrogens is 316 g/mol. The number of carbonyl (C=O) groups is 1. The summed E-state index contributed by atoms with van der Waals surface area (Å²) in [5.41, 5.74) is 3.41. The van der Waals surface area contributed by atoms with Crippen LogP contribution in [0, 0.1) is 0 Å². The highest BCUT2D eigenvalue weighted by molar-refractivity contribution is 7.09. The lowest BCUT2D eigenvalue weighted by molar-refractivity contribution is -0.117. The van der Waals surface area contributed by atoms with Gasteiger partial charge in [0, 0.05) is 17.1 Å². The maximum atomic E-state index is 12.6. The van der Waals surface area contributed by atoms with Crippen LogP contribution in [0.3, 0.4) is 0 Å². The van der Waals surface area contributed by atoms with Crippen molar-refractivity contribution in [3.63, 3.8) is 0 Å². The van der Waals surface area contributed by atoms with Crippen molar-refractivity contribution in [3.8, 4) is 0 Å². The Balaban J connectivity index is 2.10. The van der Waals surface area contributed by atoms with Gasteiger partial charge in [0.15, 0.2) is 0 Å². The molecule has 2 rings (SSSR count). The Hall–Kier alpha value is -1.65. The van der Waals surface area contributed by atoms with E-state index in [0.29, 0.717) is 18.4 Å². The Morgan fingerprint density at radius 1 is 1.08 bits per heavy atom. The van der Waals surface area contributed by atoms with Gasteiger partial charge in [-0.05, 0) is 41.5 Å². The molecule has 0 aliphatic heterocycles. The first-order chi connectivity index (χ1) is 11.4. The van der Waals surface area contributed by atoms with Gasteiger partial charge in [-0.3, -0.25) is 9.69 Å². The van der Waals surface area contributed by atoms with Crippen molar-refractivity contribution in [1.29, 1.82) is 0 Å². The number of carbonyl (C=O) groups excluding carboxylic acids is 1. The smallest absolute Gasteiger partial charge is 0.238 e. The molecule has 0 atom stereocenters. The van der Waals surface area contributed by atoms with Crippen molar-refractivity contribution < 1.29 is 4.79 Å². The lowest BCUT2D eigenvalue weighted by Gasteiger charge is -2.21. The summed E-state index contributed by atoms with van der Waals surface area (Å²) in [4.78, 5) is 15.9. The predicted octanol–water partition coefficient (Wildman–Crippen LogP) is 5.07. The van der Waals surface area contributed by atoms with Gasteiger partial charge in [-0.2, -0.15) is 0 Å². The number of likely N-dealkylation sites (N-methyl/N-ethyl adjacent to an activating group) is 1. The van der Waals surface area contributed by atoms with Crippen molar-refractivity contribution in [2.24, 2.45) is 0 Å². The number of thiophene rings is 1. The standard InChI is InChI=1S/C20H28N2OS/c1-14(2)17-9-6-10-18(15(3)4)20(17)21-19(23)13-22(5)12-16-8-7-11-24-16/h6-11,14-15H,12-13H2,1-5H3,(H,21,23). The van der Waals surface area contributed by atoms with E-state index < -0.39 is 0 Å². The third-order valence-electron chi connectivity index (χ3n) is 4.06. The fourth-order valence-corrected chi connectivity index (χ4v) is 3.63. The van der Waals surface area contributed by atoms with E-state index in [9.17, 15) is 4.79 Å². The van der Waals surface area contributed by atoms with Crippen molar-refractivity contribution in [2.75, 3.05) is 18.9 Å². The average molecular weight is 345 g/mol.